The zero-order valence-corrected chi connectivity index (χ0v) is 11.5. The number of aliphatic carboxylic acids is 1. The minimum Gasteiger partial charge on any atom is -0.481 e. The van der Waals surface area contributed by atoms with Crippen LogP contribution in [-0.4, -0.2) is 41.3 Å². The average Bonchev–Trinajstić information content (AvgIpc) is 2.76. The maximum Gasteiger partial charge on any atom is 0.406 e. The normalized spacial score (nSPS) is 26.6. The summed E-state index contributed by atoms with van der Waals surface area (Å²) in [4.78, 5) is 12.8. The van der Waals surface area contributed by atoms with Gasteiger partial charge >= 0.3 is 12.1 Å². The third kappa shape index (κ3) is 3.22. The Morgan fingerprint density at radius 3 is 2.42 bits per heavy atom. The van der Waals surface area contributed by atoms with Crippen molar-refractivity contribution in [1.29, 1.82) is 0 Å². The zero-order valence-electron chi connectivity index (χ0n) is 11.5. The second-order valence-electron chi connectivity index (χ2n) is 5.31. The highest BCUT2D eigenvalue weighted by Crippen LogP contribution is 2.46. The van der Waals surface area contributed by atoms with Crippen LogP contribution >= 0.6 is 0 Å². The van der Waals surface area contributed by atoms with Crippen molar-refractivity contribution in [3.63, 3.8) is 0 Å². The van der Waals surface area contributed by atoms with Gasteiger partial charge in [0, 0.05) is 12.6 Å². The van der Waals surface area contributed by atoms with Gasteiger partial charge in [0.1, 0.15) is 0 Å². The van der Waals surface area contributed by atoms with E-state index >= 15 is 0 Å². The van der Waals surface area contributed by atoms with Crippen LogP contribution in [0.5, 0.6) is 0 Å². The molecule has 0 aromatic carbocycles. The van der Waals surface area contributed by atoms with Crippen LogP contribution in [0.3, 0.4) is 0 Å². The van der Waals surface area contributed by atoms with E-state index in [-0.39, 0.29) is 19.0 Å². The average molecular weight is 281 g/mol. The van der Waals surface area contributed by atoms with Crippen LogP contribution in [-0.2, 0) is 4.79 Å². The summed E-state index contributed by atoms with van der Waals surface area (Å²) < 4.78 is 39.2. The Labute approximate surface area is 111 Å². The highest BCUT2D eigenvalue weighted by atomic mass is 19.4. The summed E-state index contributed by atoms with van der Waals surface area (Å²) >= 11 is 0. The van der Waals surface area contributed by atoms with E-state index in [1.165, 1.54) is 0 Å². The molecule has 1 aliphatic heterocycles. The number of carbonyl (C=O) groups is 1. The molecule has 19 heavy (non-hydrogen) atoms. The molecule has 0 aromatic heterocycles. The van der Waals surface area contributed by atoms with Crippen LogP contribution in [0.4, 0.5) is 13.2 Å². The smallest absolute Gasteiger partial charge is 0.406 e. The fourth-order valence-electron chi connectivity index (χ4n) is 2.76. The summed E-state index contributed by atoms with van der Waals surface area (Å²) in [7, 11) is 0. The second kappa shape index (κ2) is 6.11. The first-order valence-corrected chi connectivity index (χ1v) is 6.82. The van der Waals surface area contributed by atoms with E-state index in [4.69, 9.17) is 5.11 Å². The highest BCUT2D eigenvalue weighted by molar-refractivity contribution is 5.76. The van der Waals surface area contributed by atoms with E-state index in [2.05, 4.69) is 0 Å². The van der Waals surface area contributed by atoms with Gasteiger partial charge in [0.25, 0.3) is 0 Å². The molecular formula is C13H22F3NO2. The summed E-state index contributed by atoms with van der Waals surface area (Å²) in [5.74, 6) is -1.74. The minimum absolute atomic E-state index is 0.0588. The van der Waals surface area contributed by atoms with Gasteiger partial charge in [-0.3, -0.25) is 9.69 Å². The largest absolute Gasteiger partial charge is 0.481 e. The van der Waals surface area contributed by atoms with Gasteiger partial charge < -0.3 is 5.11 Å². The predicted molar refractivity (Wildman–Crippen MR) is 65.9 cm³/mol. The van der Waals surface area contributed by atoms with Gasteiger partial charge in [-0.2, -0.15) is 13.2 Å². The number of hydrogen-bond acceptors (Lipinski definition) is 2. The molecule has 1 saturated heterocycles. The molecule has 0 spiro atoms. The monoisotopic (exact) mass is 281 g/mol. The van der Waals surface area contributed by atoms with Crippen LogP contribution < -0.4 is 0 Å². The topological polar surface area (TPSA) is 40.5 Å². The van der Waals surface area contributed by atoms with Gasteiger partial charge in [-0.25, -0.2) is 0 Å². The standard InChI is InChI=1S/C13H22F3NO2/c1-3-5-6-10(4-2)17-8-7-12(9-17,11(18)19)13(14,15)16/h10H,3-9H2,1-2H3,(H,18,19). The van der Waals surface area contributed by atoms with Gasteiger partial charge in [-0.15, -0.1) is 0 Å². The molecule has 1 fully saturated rings. The van der Waals surface area contributed by atoms with Gasteiger partial charge in [-0.05, 0) is 25.8 Å². The molecule has 0 aromatic rings. The van der Waals surface area contributed by atoms with Crippen molar-refractivity contribution in [3.8, 4) is 0 Å². The van der Waals surface area contributed by atoms with Crippen molar-refractivity contribution in [2.24, 2.45) is 5.41 Å². The van der Waals surface area contributed by atoms with Crippen molar-refractivity contribution in [2.75, 3.05) is 13.1 Å². The summed E-state index contributed by atoms with van der Waals surface area (Å²) in [6.07, 6.45) is -1.48. The molecule has 3 nitrogen and oxygen atoms in total. The lowest BCUT2D eigenvalue weighted by Gasteiger charge is -2.30. The predicted octanol–water partition coefficient (Wildman–Crippen LogP) is 3.29. The molecule has 0 aliphatic carbocycles. The number of nitrogens with zero attached hydrogens (tertiary/aromatic N) is 1. The molecule has 0 saturated carbocycles. The van der Waals surface area contributed by atoms with Crippen molar-refractivity contribution >= 4 is 5.97 Å². The van der Waals surface area contributed by atoms with Crippen molar-refractivity contribution in [1.82, 2.24) is 4.90 Å². The molecule has 0 bridgehead atoms. The van der Waals surface area contributed by atoms with E-state index in [9.17, 15) is 18.0 Å². The van der Waals surface area contributed by atoms with Crippen molar-refractivity contribution < 1.29 is 23.1 Å². The number of unbranched alkanes of at least 4 members (excludes halogenated alkanes) is 1. The molecule has 1 rings (SSSR count). The number of carboxylic acids is 1. The lowest BCUT2D eigenvalue weighted by molar-refractivity contribution is -0.227. The molecular weight excluding hydrogens is 259 g/mol. The minimum atomic E-state index is -4.68. The lowest BCUT2D eigenvalue weighted by Crippen LogP contribution is -2.48. The summed E-state index contributed by atoms with van der Waals surface area (Å²) in [5.41, 5.74) is -2.58. The van der Waals surface area contributed by atoms with Crippen LogP contribution in [0.2, 0.25) is 0 Å². The maximum atomic E-state index is 13.1. The molecule has 6 heteroatoms. The van der Waals surface area contributed by atoms with Crippen LogP contribution in [0.25, 0.3) is 0 Å². The number of alkyl halides is 3. The van der Waals surface area contributed by atoms with E-state index in [0.29, 0.717) is 0 Å². The fraction of sp³-hybridized carbons (Fsp3) is 0.923. The van der Waals surface area contributed by atoms with Gasteiger partial charge in [-0.1, -0.05) is 26.7 Å². The van der Waals surface area contributed by atoms with Crippen molar-refractivity contribution in [2.45, 2.75) is 58.2 Å². The number of likely N-dealkylation sites (tertiary alicyclic amines) is 1. The Kier molecular flexibility index (Phi) is 5.24. The Balaban J connectivity index is 2.81. The zero-order chi connectivity index (χ0) is 14.7. The Hall–Kier alpha value is -0.780. The van der Waals surface area contributed by atoms with Gasteiger partial charge in [0.05, 0.1) is 0 Å². The van der Waals surface area contributed by atoms with E-state index in [1.807, 2.05) is 13.8 Å². The number of carboxylic acid groups (broad SMARTS) is 1. The van der Waals surface area contributed by atoms with E-state index < -0.39 is 24.1 Å². The Morgan fingerprint density at radius 2 is 2.05 bits per heavy atom. The van der Waals surface area contributed by atoms with Crippen LogP contribution in [0.15, 0.2) is 0 Å². The molecule has 1 N–H and O–H groups in total. The van der Waals surface area contributed by atoms with Gasteiger partial charge in [0.15, 0.2) is 5.41 Å². The maximum absolute atomic E-state index is 13.1. The van der Waals surface area contributed by atoms with Crippen LogP contribution in [0.1, 0.15) is 46.0 Å². The van der Waals surface area contributed by atoms with Crippen LogP contribution in [0, 0.1) is 5.41 Å². The highest BCUT2D eigenvalue weighted by Gasteiger charge is 2.63. The fourth-order valence-corrected chi connectivity index (χ4v) is 2.76. The third-order valence-corrected chi connectivity index (χ3v) is 4.13. The summed E-state index contributed by atoms with van der Waals surface area (Å²) in [5, 5.41) is 9.00. The first kappa shape index (κ1) is 16.3. The summed E-state index contributed by atoms with van der Waals surface area (Å²) in [6.45, 7) is 3.78. The molecule has 112 valence electrons. The SMILES string of the molecule is CCCCC(CC)N1CCC(C(=O)O)(C(F)(F)F)C1. The van der Waals surface area contributed by atoms with E-state index in [0.717, 1.165) is 25.7 Å². The molecule has 1 aliphatic rings. The first-order chi connectivity index (χ1) is 8.78. The number of rotatable bonds is 6. The summed E-state index contributed by atoms with van der Waals surface area (Å²) in [6, 6.07) is 0.0588. The molecule has 1 heterocycles. The molecule has 0 amide bonds. The Morgan fingerprint density at radius 1 is 1.42 bits per heavy atom. The number of halogens is 3. The lowest BCUT2D eigenvalue weighted by atomic mass is 9.86. The van der Waals surface area contributed by atoms with Gasteiger partial charge in [0.2, 0.25) is 0 Å². The second-order valence-corrected chi connectivity index (χ2v) is 5.31. The molecule has 2 unspecified atom stereocenters. The third-order valence-electron chi connectivity index (χ3n) is 4.13. The molecule has 0 radical (unpaired) electrons. The quantitative estimate of drug-likeness (QED) is 0.812. The van der Waals surface area contributed by atoms with Crippen molar-refractivity contribution in [3.05, 3.63) is 0 Å². The molecule has 2 atom stereocenters. The first-order valence-electron chi connectivity index (χ1n) is 6.82. The Bertz CT molecular complexity index is 320. The van der Waals surface area contributed by atoms with E-state index in [1.54, 1.807) is 4.90 Å². The number of hydrogen-bond donors (Lipinski definition) is 1.